The Morgan fingerprint density at radius 1 is 1.39 bits per heavy atom. The fourth-order valence-electron chi connectivity index (χ4n) is 1.68. The smallest absolute Gasteiger partial charge is 0.283 e. The van der Waals surface area contributed by atoms with Crippen molar-refractivity contribution in [2.75, 3.05) is 5.73 Å². The van der Waals surface area contributed by atoms with Crippen molar-refractivity contribution in [3.05, 3.63) is 40.7 Å². The Labute approximate surface area is 113 Å². The second-order valence-electron chi connectivity index (χ2n) is 3.53. The summed E-state index contributed by atoms with van der Waals surface area (Å²) in [6.07, 6.45) is 3.23. The average Bonchev–Trinajstić information content (AvgIpc) is 2.29. The van der Waals surface area contributed by atoms with E-state index in [1.54, 1.807) is 23.0 Å². The molecule has 0 spiro atoms. The van der Waals surface area contributed by atoms with Crippen molar-refractivity contribution in [1.29, 1.82) is 5.26 Å². The fraction of sp³-hybridized carbons (Fsp3) is 0.0909. The van der Waals surface area contributed by atoms with Crippen LogP contribution in [0.3, 0.4) is 0 Å². The number of fused-ring (bicyclic) bond motifs is 1. The molecule has 0 fully saturated rings. The third kappa shape index (κ3) is 2.38. The molecule has 1 aromatic heterocycles. The van der Waals surface area contributed by atoms with E-state index >= 15 is 0 Å². The van der Waals surface area contributed by atoms with Crippen molar-refractivity contribution < 1.29 is 26.5 Å². The number of nitro groups is 1. The number of hydrogen-bond acceptors (Lipinski definition) is 4. The van der Waals surface area contributed by atoms with E-state index in [0.717, 1.165) is 0 Å². The van der Waals surface area contributed by atoms with Gasteiger partial charge in [-0.3, -0.25) is 10.1 Å². The minimum atomic E-state index is -0.460. The van der Waals surface area contributed by atoms with Crippen LogP contribution < -0.4 is 27.3 Å². The van der Waals surface area contributed by atoms with Gasteiger partial charge in [0, 0.05) is 23.2 Å². The van der Waals surface area contributed by atoms with Gasteiger partial charge in [0.2, 0.25) is 6.54 Å². The van der Waals surface area contributed by atoms with Crippen molar-refractivity contribution in [3.8, 4) is 6.07 Å². The van der Waals surface area contributed by atoms with Crippen LogP contribution in [0.15, 0.2) is 30.6 Å². The highest BCUT2D eigenvalue weighted by Gasteiger charge is 2.16. The molecule has 0 unspecified atom stereocenters. The second-order valence-corrected chi connectivity index (χ2v) is 3.53. The summed E-state index contributed by atoms with van der Waals surface area (Å²) in [7, 11) is 0. The van der Waals surface area contributed by atoms with E-state index in [1.807, 2.05) is 6.07 Å². The number of anilines is 1. The Kier molecular flexibility index (Phi) is 4.18. The van der Waals surface area contributed by atoms with Crippen LogP contribution in [0, 0.1) is 21.4 Å². The SMILES string of the molecule is N#CC[n+]1ccc2c(N)ccc([N+](=O)[O-])c2c1.[Br-]. The van der Waals surface area contributed by atoms with Gasteiger partial charge in [-0.25, -0.2) is 0 Å². The number of nitriles is 1. The maximum Gasteiger partial charge on any atom is 0.283 e. The predicted molar refractivity (Wildman–Crippen MR) is 60.8 cm³/mol. The van der Waals surface area contributed by atoms with E-state index in [1.165, 1.54) is 12.1 Å². The molecule has 2 aromatic rings. The summed E-state index contributed by atoms with van der Waals surface area (Å²) >= 11 is 0. The van der Waals surface area contributed by atoms with Crippen molar-refractivity contribution in [3.63, 3.8) is 0 Å². The number of nitro benzene ring substituents is 1. The van der Waals surface area contributed by atoms with Gasteiger partial charge >= 0.3 is 0 Å². The summed E-state index contributed by atoms with van der Waals surface area (Å²) in [5.74, 6) is 0. The van der Waals surface area contributed by atoms with Gasteiger partial charge in [-0.2, -0.15) is 9.83 Å². The van der Waals surface area contributed by atoms with Crippen molar-refractivity contribution in [1.82, 2.24) is 0 Å². The van der Waals surface area contributed by atoms with Gasteiger partial charge in [-0.05, 0) is 6.07 Å². The van der Waals surface area contributed by atoms with Crippen LogP contribution in [0.4, 0.5) is 11.4 Å². The van der Waals surface area contributed by atoms with Gasteiger partial charge in [-0.15, -0.1) is 0 Å². The third-order valence-corrected chi connectivity index (χ3v) is 2.48. The van der Waals surface area contributed by atoms with Crippen molar-refractivity contribution in [2.45, 2.75) is 6.54 Å². The molecule has 0 aliphatic rings. The van der Waals surface area contributed by atoms with Crippen molar-refractivity contribution >= 4 is 22.1 Å². The molecule has 0 bridgehead atoms. The Hall–Kier alpha value is -2.20. The molecule has 0 amide bonds. The zero-order valence-electron chi connectivity index (χ0n) is 9.21. The van der Waals surface area contributed by atoms with Crippen LogP contribution in [0.5, 0.6) is 0 Å². The summed E-state index contributed by atoms with van der Waals surface area (Å²) in [4.78, 5) is 10.4. The first-order valence-corrected chi connectivity index (χ1v) is 4.86. The lowest BCUT2D eigenvalue weighted by Gasteiger charge is -2.01. The first kappa shape index (κ1) is 13.9. The molecule has 1 heterocycles. The van der Waals surface area contributed by atoms with Crippen LogP contribution in [-0.4, -0.2) is 4.92 Å². The molecule has 0 aliphatic carbocycles. The summed E-state index contributed by atoms with van der Waals surface area (Å²) in [6.45, 7) is 0.141. The molecule has 2 rings (SSSR count). The predicted octanol–water partition coefficient (Wildman–Crippen LogP) is -1.85. The molecule has 0 aliphatic heterocycles. The molecule has 92 valence electrons. The quantitative estimate of drug-likeness (QED) is 0.305. The topological polar surface area (TPSA) is 96.8 Å². The van der Waals surface area contributed by atoms with E-state index < -0.39 is 4.92 Å². The molecule has 0 saturated heterocycles. The molecule has 6 nitrogen and oxygen atoms in total. The summed E-state index contributed by atoms with van der Waals surface area (Å²) in [5.41, 5.74) is 6.22. The highest BCUT2D eigenvalue weighted by Crippen LogP contribution is 2.28. The van der Waals surface area contributed by atoms with E-state index in [2.05, 4.69) is 0 Å². The molecular formula is C11H9BrN4O2. The van der Waals surface area contributed by atoms with Crippen LogP contribution in [0.1, 0.15) is 0 Å². The number of benzene rings is 1. The molecule has 0 saturated carbocycles. The van der Waals surface area contributed by atoms with Crippen LogP contribution in [0.25, 0.3) is 10.8 Å². The van der Waals surface area contributed by atoms with Crippen LogP contribution in [0.2, 0.25) is 0 Å². The molecular weight excluding hydrogens is 300 g/mol. The summed E-state index contributed by atoms with van der Waals surface area (Å²) < 4.78 is 1.58. The van der Waals surface area contributed by atoms with E-state index in [9.17, 15) is 10.1 Å². The first-order valence-electron chi connectivity index (χ1n) is 4.86. The number of nitrogens with two attached hydrogens (primary N) is 1. The molecule has 7 heteroatoms. The maximum absolute atomic E-state index is 10.9. The Morgan fingerprint density at radius 3 is 2.72 bits per heavy atom. The lowest BCUT2D eigenvalue weighted by atomic mass is 10.1. The van der Waals surface area contributed by atoms with Gasteiger partial charge in [0.25, 0.3) is 5.69 Å². The zero-order valence-corrected chi connectivity index (χ0v) is 10.8. The first-order chi connectivity index (χ1) is 8.13. The number of pyridine rings is 1. The highest BCUT2D eigenvalue weighted by atomic mass is 79.9. The molecule has 18 heavy (non-hydrogen) atoms. The Balaban J connectivity index is 0.00000162. The summed E-state index contributed by atoms with van der Waals surface area (Å²) in [6, 6.07) is 6.53. The minimum Gasteiger partial charge on any atom is -1.00 e. The van der Waals surface area contributed by atoms with Crippen LogP contribution >= 0.6 is 0 Å². The minimum absolute atomic E-state index is 0. The van der Waals surface area contributed by atoms with Gasteiger partial charge in [0.05, 0.1) is 4.92 Å². The second kappa shape index (κ2) is 5.42. The lowest BCUT2D eigenvalue weighted by Crippen LogP contribution is -3.00. The maximum atomic E-state index is 10.9. The van der Waals surface area contributed by atoms with E-state index in [0.29, 0.717) is 16.5 Å². The third-order valence-electron chi connectivity index (χ3n) is 2.48. The summed E-state index contributed by atoms with van der Waals surface area (Å²) in [5, 5.41) is 20.5. The molecule has 1 aromatic carbocycles. The standard InChI is InChI=1S/C11H9N4O2.BrH/c12-4-6-14-5-3-8-9(7-14)11(15(16)17)2-1-10(8)13;/h1-3,5,7H,6,13H2;1H/q+1;/p-1. The number of rotatable bonds is 2. The largest absolute Gasteiger partial charge is 1.00 e. The molecule has 0 radical (unpaired) electrons. The molecule has 2 N–H and O–H groups in total. The van der Waals surface area contributed by atoms with Gasteiger partial charge in [-0.1, -0.05) is 0 Å². The number of halogens is 1. The molecule has 0 atom stereocenters. The number of hydrogen-bond donors (Lipinski definition) is 1. The average molecular weight is 309 g/mol. The van der Waals surface area contributed by atoms with E-state index in [-0.39, 0.29) is 29.2 Å². The Morgan fingerprint density at radius 2 is 2.11 bits per heavy atom. The number of nitrogens with zero attached hydrogens (tertiary/aromatic N) is 3. The van der Waals surface area contributed by atoms with Crippen LogP contribution in [-0.2, 0) is 6.54 Å². The van der Waals surface area contributed by atoms with E-state index in [4.69, 9.17) is 11.0 Å². The fourth-order valence-corrected chi connectivity index (χ4v) is 1.68. The van der Waals surface area contributed by atoms with Gasteiger partial charge < -0.3 is 22.7 Å². The lowest BCUT2D eigenvalue weighted by molar-refractivity contribution is -0.683. The highest BCUT2D eigenvalue weighted by molar-refractivity contribution is 5.97. The van der Waals surface area contributed by atoms with Crippen molar-refractivity contribution in [2.24, 2.45) is 0 Å². The Bertz CT molecular complexity index is 651. The normalized spacial score (nSPS) is 9.50. The zero-order chi connectivity index (χ0) is 12.4. The number of non-ortho nitro benzene ring substituents is 1. The monoisotopic (exact) mass is 308 g/mol. The number of aromatic nitrogens is 1. The number of nitrogen functional groups attached to an aromatic ring is 1. The van der Waals surface area contributed by atoms with Gasteiger partial charge in [0.1, 0.15) is 11.5 Å². The van der Waals surface area contributed by atoms with Gasteiger partial charge in [0.15, 0.2) is 12.4 Å².